The van der Waals surface area contributed by atoms with Crippen LogP contribution >= 0.6 is 0 Å². The Morgan fingerprint density at radius 2 is 1.97 bits per heavy atom. The number of fused-ring (bicyclic) bond motifs is 1. The molecule has 1 aliphatic heterocycles. The first kappa shape index (κ1) is 20.0. The molecule has 1 heterocycles. The summed E-state index contributed by atoms with van der Waals surface area (Å²) in [4.78, 5) is 40.0. The minimum absolute atomic E-state index is 0.0299. The first-order valence-corrected chi connectivity index (χ1v) is 12.5. The highest BCUT2D eigenvalue weighted by atomic mass is 32.2. The Balaban J connectivity index is 1.92. The van der Waals surface area contributed by atoms with Gasteiger partial charge in [0.25, 0.3) is 11.8 Å². The van der Waals surface area contributed by atoms with Crippen molar-refractivity contribution >= 4 is 33.2 Å². The lowest BCUT2D eigenvalue weighted by Crippen LogP contribution is -2.37. The second-order valence-corrected chi connectivity index (χ2v) is 9.71. The van der Waals surface area contributed by atoms with E-state index >= 15 is 0 Å². The summed E-state index contributed by atoms with van der Waals surface area (Å²) in [6.07, 6.45) is 1.98. The van der Waals surface area contributed by atoms with Gasteiger partial charge in [0.15, 0.2) is 11.5 Å². The van der Waals surface area contributed by atoms with Crippen LogP contribution in [0.4, 0.5) is 5.69 Å². The van der Waals surface area contributed by atoms with Gasteiger partial charge >= 0.3 is 0 Å². The summed E-state index contributed by atoms with van der Waals surface area (Å²) >= 11 is 0. The third-order valence-corrected chi connectivity index (χ3v) is 5.93. The topological polar surface area (TPSA) is 119 Å². The van der Waals surface area contributed by atoms with Gasteiger partial charge in [-0.2, -0.15) is 0 Å². The third-order valence-electron chi connectivity index (χ3n) is 5.36. The average molecular weight is 490 g/mol. The fraction of sp³-hybridized carbons (Fsp3) is 0.375. The zero-order valence-corrected chi connectivity index (χ0v) is 19.7. The highest BCUT2D eigenvalue weighted by molar-refractivity contribution is 7.90. The van der Waals surface area contributed by atoms with E-state index in [-0.39, 0.29) is 52.3 Å². The van der Waals surface area contributed by atoms with Crippen LogP contribution in [0.15, 0.2) is 36.4 Å². The first-order chi connectivity index (χ1) is 17.3. The highest BCUT2D eigenvalue weighted by Crippen LogP contribution is 2.39. The zero-order chi connectivity index (χ0) is 27.3. The standard InChI is InChI=1S/C24H26N2O7S/c1-4-33-20-12-15(10-11-19(20)32-2)18(13-34(3,30)31)26-23(28)16-6-5-7-17(21(16)24(26)29)25-22(27)14-8-9-14/h5-7,10-12,14,18H,4,8-9,13H2,1-3H3,(H,25,27)/t18-/m0/s1/i13D2,18D. The predicted octanol–water partition coefficient (Wildman–Crippen LogP) is 2.82. The van der Waals surface area contributed by atoms with Crippen molar-refractivity contribution < 1.29 is 36.4 Å². The average Bonchev–Trinajstić information content (AvgIpc) is 3.65. The molecule has 10 heteroatoms. The molecular weight excluding hydrogens is 460 g/mol. The van der Waals surface area contributed by atoms with E-state index in [4.69, 9.17) is 12.2 Å². The van der Waals surface area contributed by atoms with E-state index in [1.807, 2.05) is 0 Å². The Bertz CT molecular complexity index is 1410. The molecule has 180 valence electrons. The smallest absolute Gasteiger partial charge is 0.264 e. The summed E-state index contributed by atoms with van der Waals surface area (Å²) < 4.78 is 62.4. The van der Waals surface area contributed by atoms with Gasteiger partial charge in [0, 0.05) is 14.9 Å². The Kier molecular flexibility index (Phi) is 5.35. The molecule has 2 aliphatic rings. The lowest BCUT2D eigenvalue weighted by Gasteiger charge is -2.27. The van der Waals surface area contributed by atoms with Crippen LogP contribution < -0.4 is 14.8 Å². The molecule has 3 amide bonds. The number of carbonyl (C=O) groups excluding carboxylic acids is 3. The van der Waals surface area contributed by atoms with Crippen LogP contribution in [0.2, 0.25) is 0 Å². The molecule has 0 bridgehead atoms. The van der Waals surface area contributed by atoms with E-state index in [9.17, 15) is 24.2 Å². The van der Waals surface area contributed by atoms with E-state index in [2.05, 4.69) is 5.32 Å². The second kappa shape index (κ2) is 9.09. The summed E-state index contributed by atoms with van der Waals surface area (Å²) in [7, 11) is -3.33. The van der Waals surface area contributed by atoms with Gasteiger partial charge in [-0.15, -0.1) is 0 Å². The highest BCUT2D eigenvalue weighted by Gasteiger charge is 2.44. The summed E-state index contributed by atoms with van der Waals surface area (Å²) in [6, 6.07) is 4.80. The Morgan fingerprint density at radius 3 is 2.59 bits per heavy atom. The van der Waals surface area contributed by atoms with Crippen molar-refractivity contribution in [3.05, 3.63) is 53.1 Å². The quantitative estimate of drug-likeness (QED) is 0.538. The van der Waals surface area contributed by atoms with Gasteiger partial charge in [-0.3, -0.25) is 19.3 Å². The van der Waals surface area contributed by atoms with Crippen LogP contribution in [0.5, 0.6) is 11.5 Å². The molecule has 0 spiro atoms. The van der Waals surface area contributed by atoms with Crippen molar-refractivity contribution in [2.24, 2.45) is 5.92 Å². The molecule has 34 heavy (non-hydrogen) atoms. The molecule has 2 aromatic carbocycles. The Hall–Kier alpha value is -3.40. The summed E-state index contributed by atoms with van der Waals surface area (Å²) in [5.74, 6) is -2.42. The number of hydrogen-bond donors (Lipinski definition) is 1. The Labute approximate surface area is 202 Å². The first-order valence-electron chi connectivity index (χ1n) is 12.1. The molecule has 9 nitrogen and oxygen atoms in total. The molecule has 1 N–H and O–H groups in total. The number of nitrogens with zero attached hydrogens (tertiary/aromatic N) is 1. The van der Waals surface area contributed by atoms with Crippen LogP contribution in [0, 0.1) is 5.92 Å². The fourth-order valence-corrected chi connectivity index (χ4v) is 4.23. The van der Waals surface area contributed by atoms with Crippen LogP contribution in [0.1, 0.15) is 56.2 Å². The van der Waals surface area contributed by atoms with Crippen LogP contribution in [-0.4, -0.2) is 56.7 Å². The van der Waals surface area contributed by atoms with Gasteiger partial charge in [-0.05, 0) is 49.6 Å². The normalized spacial score (nSPS) is 18.9. The van der Waals surface area contributed by atoms with Crippen LogP contribution in [-0.2, 0) is 14.6 Å². The minimum atomic E-state index is -4.69. The number of ether oxygens (including phenoxy) is 2. The van der Waals surface area contributed by atoms with Gasteiger partial charge in [0.1, 0.15) is 9.84 Å². The van der Waals surface area contributed by atoms with E-state index in [0.717, 1.165) is 0 Å². The van der Waals surface area contributed by atoms with Gasteiger partial charge < -0.3 is 14.8 Å². The summed E-state index contributed by atoms with van der Waals surface area (Å²) in [5.41, 5.74) is -4.17. The number of benzene rings is 2. The Morgan fingerprint density at radius 1 is 1.24 bits per heavy atom. The zero-order valence-electron chi connectivity index (χ0n) is 21.9. The van der Waals surface area contributed by atoms with Crippen LogP contribution in [0.25, 0.3) is 0 Å². The van der Waals surface area contributed by atoms with Crippen molar-refractivity contribution in [2.45, 2.75) is 25.8 Å². The largest absolute Gasteiger partial charge is 0.493 e. The number of nitrogens with one attached hydrogen (secondary N) is 1. The number of amides is 3. The van der Waals surface area contributed by atoms with Crippen molar-refractivity contribution in [1.82, 2.24) is 4.90 Å². The number of imide groups is 1. The molecule has 1 saturated carbocycles. The predicted molar refractivity (Wildman–Crippen MR) is 125 cm³/mol. The number of sulfone groups is 1. The van der Waals surface area contributed by atoms with E-state index in [1.165, 1.54) is 43.5 Å². The van der Waals surface area contributed by atoms with Gasteiger partial charge in [0.2, 0.25) is 5.91 Å². The number of anilines is 1. The SMILES string of the molecule is [2H]C([2H])([C@@]([2H])(c1ccc(OC)c(OCC)c1)N1C(=O)c2cccc(NC(=O)C3CC3)c2C1=O)S(C)(=O)=O. The number of rotatable bonds is 9. The molecule has 2 aromatic rings. The van der Waals surface area contributed by atoms with E-state index in [0.29, 0.717) is 24.0 Å². The second-order valence-electron chi connectivity index (χ2n) is 7.96. The maximum Gasteiger partial charge on any atom is 0.264 e. The lowest BCUT2D eigenvalue weighted by atomic mass is 10.1. The molecule has 0 radical (unpaired) electrons. The minimum Gasteiger partial charge on any atom is -0.493 e. The molecule has 0 aromatic heterocycles. The van der Waals surface area contributed by atoms with Gasteiger partial charge in [-0.25, -0.2) is 8.42 Å². The third kappa shape index (κ3) is 4.63. The number of hydrogen-bond acceptors (Lipinski definition) is 7. The monoisotopic (exact) mass is 489 g/mol. The van der Waals surface area contributed by atoms with Gasteiger partial charge in [0.05, 0.1) is 43.6 Å². The van der Waals surface area contributed by atoms with Crippen LogP contribution in [0.3, 0.4) is 0 Å². The van der Waals surface area contributed by atoms with E-state index < -0.39 is 33.4 Å². The van der Waals surface area contributed by atoms with E-state index in [1.54, 1.807) is 6.92 Å². The molecule has 0 saturated heterocycles. The molecule has 1 fully saturated rings. The summed E-state index contributed by atoms with van der Waals surface area (Å²) in [5, 5.41) is 2.63. The van der Waals surface area contributed by atoms with Crippen molar-refractivity contribution in [2.75, 3.05) is 31.0 Å². The van der Waals surface area contributed by atoms with Gasteiger partial charge in [-0.1, -0.05) is 12.1 Å². The van der Waals surface area contributed by atoms with Crippen molar-refractivity contribution in [3.8, 4) is 11.5 Å². The maximum atomic E-state index is 13.7. The molecule has 4 rings (SSSR count). The molecule has 1 aliphatic carbocycles. The molecule has 1 atom stereocenters. The van der Waals surface area contributed by atoms with Crippen molar-refractivity contribution in [1.29, 1.82) is 0 Å². The molecule has 0 unspecified atom stereocenters. The van der Waals surface area contributed by atoms with Crippen molar-refractivity contribution in [3.63, 3.8) is 0 Å². The number of carbonyl (C=O) groups is 3. The lowest BCUT2D eigenvalue weighted by molar-refractivity contribution is -0.117. The maximum absolute atomic E-state index is 13.7. The summed E-state index contributed by atoms with van der Waals surface area (Å²) in [6.45, 7) is 1.85. The number of methoxy groups -OCH3 is 1. The molecular formula is C24H26N2O7S. The fourth-order valence-electron chi connectivity index (χ4n) is 3.67.